The molecule has 0 saturated carbocycles. The number of methoxy groups -OCH3 is 2. The average Bonchev–Trinajstić information content (AvgIpc) is 2.78. The number of non-ortho nitro benzene ring substituents is 1. The van der Waals surface area contributed by atoms with Crippen molar-refractivity contribution in [3.63, 3.8) is 0 Å². The second-order valence-corrected chi connectivity index (χ2v) is 6.93. The van der Waals surface area contributed by atoms with Crippen molar-refractivity contribution in [3.8, 4) is 17.2 Å². The number of carbonyl (C=O) groups is 2. The Hall–Kier alpha value is -4.00. The second kappa shape index (κ2) is 11.0. The van der Waals surface area contributed by atoms with Gasteiger partial charge in [-0.05, 0) is 52.7 Å². The Labute approximate surface area is 195 Å². The molecule has 2 aromatic rings. The van der Waals surface area contributed by atoms with E-state index in [-0.39, 0.29) is 33.9 Å². The first kappa shape index (κ1) is 25.3. The Morgan fingerprint density at radius 3 is 2.15 bits per heavy atom. The summed E-state index contributed by atoms with van der Waals surface area (Å²) in [5.41, 5.74) is -1.16. The molecule has 0 saturated heterocycles. The number of nitro groups is 2. The number of nitrogens with zero attached hydrogens (tertiary/aromatic N) is 2. The lowest BCUT2D eigenvalue weighted by molar-refractivity contribution is -0.394. The fourth-order valence-electron chi connectivity index (χ4n) is 2.58. The van der Waals surface area contributed by atoms with Crippen LogP contribution in [0.15, 0.2) is 40.4 Å². The van der Waals surface area contributed by atoms with Crippen LogP contribution in [0.5, 0.6) is 17.2 Å². The van der Waals surface area contributed by atoms with Crippen LogP contribution < -0.4 is 9.47 Å². The minimum absolute atomic E-state index is 0.0311. The molecule has 2 rings (SSSR count). The van der Waals surface area contributed by atoms with E-state index in [0.717, 1.165) is 32.4 Å². The van der Waals surface area contributed by atoms with Crippen molar-refractivity contribution in [2.45, 2.75) is 6.92 Å². The van der Waals surface area contributed by atoms with Gasteiger partial charge in [0.05, 0.1) is 41.2 Å². The van der Waals surface area contributed by atoms with Crippen molar-refractivity contribution in [3.05, 3.63) is 66.2 Å². The summed E-state index contributed by atoms with van der Waals surface area (Å²) in [6, 6.07) is 5.82. The minimum Gasteiger partial charge on any atom is -0.490 e. The number of esters is 2. The van der Waals surface area contributed by atoms with E-state index in [1.807, 2.05) is 0 Å². The molecule has 0 atom stereocenters. The maximum atomic E-state index is 11.9. The molecule has 2 aromatic carbocycles. The van der Waals surface area contributed by atoms with Crippen LogP contribution in [0.1, 0.15) is 12.5 Å². The molecule has 0 aliphatic carbocycles. The molecule has 0 spiro atoms. The molecule has 174 valence electrons. The van der Waals surface area contributed by atoms with Gasteiger partial charge < -0.3 is 18.9 Å². The molecular formula is C20H17BrN2O10. The molecule has 0 heterocycles. The topological polar surface area (TPSA) is 157 Å². The highest BCUT2D eigenvalue weighted by molar-refractivity contribution is 9.10. The molecule has 0 amide bonds. The van der Waals surface area contributed by atoms with E-state index in [1.165, 1.54) is 18.2 Å². The van der Waals surface area contributed by atoms with Gasteiger partial charge in [-0.25, -0.2) is 9.59 Å². The lowest BCUT2D eigenvalue weighted by Crippen LogP contribution is -2.15. The Balaban J connectivity index is 2.59. The predicted octanol–water partition coefficient (Wildman–Crippen LogP) is 4.19. The van der Waals surface area contributed by atoms with E-state index in [1.54, 1.807) is 6.92 Å². The number of benzene rings is 2. The van der Waals surface area contributed by atoms with Crippen LogP contribution in [-0.4, -0.2) is 42.6 Å². The van der Waals surface area contributed by atoms with Crippen molar-refractivity contribution in [1.82, 2.24) is 0 Å². The molecule has 12 nitrogen and oxygen atoms in total. The van der Waals surface area contributed by atoms with Gasteiger partial charge in [0.1, 0.15) is 5.57 Å². The lowest BCUT2D eigenvalue weighted by atomic mass is 10.1. The van der Waals surface area contributed by atoms with Gasteiger partial charge in [0.25, 0.3) is 5.69 Å². The molecule has 0 unspecified atom stereocenters. The van der Waals surface area contributed by atoms with Crippen LogP contribution in [-0.2, 0) is 19.1 Å². The van der Waals surface area contributed by atoms with Gasteiger partial charge >= 0.3 is 17.6 Å². The molecule has 0 bridgehead atoms. The highest BCUT2D eigenvalue weighted by atomic mass is 79.9. The van der Waals surface area contributed by atoms with Gasteiger partial charge in [-0.3, -0.25) is 20.2 Å². The maximum Gasteiger partial charge on any atom is 0.345 e. The lowest BCUT2D eigenvalue weighted by Gasteiger charge is -2.15. The third-order valence-corrected chi connectivity index (χ3v) is 4.60. The Kier molecular flexibility index (Phi) is 8.45. The smallest absolute Gasteiger partial charge is 0.345 e. The summed E-state index contributed by atoms with van der Waals surface area (Å²) < 4.78 is 20.7. The Bertz CT molecular complexity index is 1130. The minimum atomic E-state index is -0.919. The summed E-state index contributed by atoms with van der Waals surface area (Å²) in [7, 11) is 2.21. The zero-order valence-corrected chi connectivity index (χ0v) is 19.1. The molecule has 13 heteroatoms. The second-order valence-electron chi connectivity index (χ2n) is 6.07. The van der Waals surface area contributed by atoms with Gasteiger partial charge in [0, 0.05) is 6.07 Å². The fraction of sp³-hybridized carbons (Fsp3) is 0.200. The highest BCUT2D eigenvalue weighted by Crippen LogP contribution is 2.43. The molecule has 0 aromatic heterocycles. The zero-order valence-electron chi connectivity index (χ0n) is 17.5. The first-order valence-electron chi connectivity index (χ1n) is 9.08. The number of rotatable bonds is 9. The van der Waals surface area contributed by atoms with Crippen LogP contribution in [0.2, 0.25) is 0 Å². The average molecular weight is 525 g/mol. The third-order valence-electron chi connectivity index (χ3n) is 4.02. The summed E-state index contributed by atoms with van der Waals surface area (Å²) in [6.45, 7) is 1.86. The first-order chi connectivity index (χ1) is 15.6. The van der Waals surface area contributed by atoms with E-state index in [9.17, 15) is 29.8 Å². The largest absolute Gasteiger partial charge is 0.490 e. The number of carbonyl (C=O) groups excluding carboxylic acids is 2. The van der Waals surface area contributed by atoms with Crippen molar-refractivity contribution >= 4 is 45.3 Å². The van der Waals surface area contributed by atoms with Crippen molar-refractivity contribution in [1.29, 1.82) is 0 Å². The van der Waals surface area contributed by atoms with Crippen LogP contribution in [0, 0.1) is 20.2 Å². The van der Waals surface area contributed by atoms with Crippen LogP contribution >= 0.6 is 15.9 Å². The van der Waals surface area contributed by atoms with Crippen molar-refractivity contribution in [2.24, 2.45) is 0 Å². The quantitative estimate of drug-likeness (QED) is 0.116. The van der Waals surface area contributed by atoms with Crippen molar-refractivity contribution < 1.29 is 38.4 Å². The highest BCUT2D eigenvalue weighted by Gasteiger charge is 2.24. The normalized spacial score (nSPS) is 10.1. The Morgan fingerprint density at radius 2 is 1.64 bits per heavy atom. The number of halogens is 1. The van der Waals surface area contributed by atoms with E-state index in [2.05, 4.69) is 25.4 Å². The van der Waals surface area contributed by atoms with E-state index >= 15 is 0 Å². The van der Waals surface area contributed by atoms with E-state index < -0.39 is 33.2 Å². The number of hydrogen-bond acceptors (Lipinski definition) is 10. The number of nitro benzene ring substituents is 2. The fourth-order valence-corrected chi connectivity index (χ4v) is 3.12. The number of ether oxygens (including phenoxy) is 4. The standard InChI is InChI=1S/C20H17BrN2O10/c1-4-32-17-9-11(7-13(19(24)30-2)20(25)31-3)8-14(21)18(17)33-16-6-5-12(22(26)27)10-15(16)23(28)29/h5-10H,4H2,1-3H3. The van der Waals surface area contributed by atoms with Crippen molar-refractivity contribution in [2.75, 3.05) is 20.8 Å². The summed E-state index contributed by atoms with van der Waals surface area (Å²) in [4.78, 5) is 44.6. The van der Waals surface area contributed by atoms with Gasteiger partial charge in [-0.1, -0.05) is 0 Å². The summed E-state index contributed by atoms with van der Waals surface area (Å²) in [5.74, 6) is -1.96. The first-order valence-corrected chi connectivity index (χ1v) is 9.87. The molecule has 0 aliphatic heterocycles. The summed E-state index contributed by atoms with van der Waals surface area (Å²) in [6.07, 6.45) is 1.21. The van der Waals surface area contributed by atoms with Crippen LogP contribution in [0.3, 0.4) is 0 Å². The molecule has 0 fully saturated rings. The SMILES string of the molecule is CCOc1cc(C=C(C(=O)OC)C(=O)OC)cc(Br)c1Oc1ccc([N+](=O)[O-])cc1[N+](=O)[O-]. The molecular weight excluding hydrogens is 508 g/mol. The van der Waals surface area contributed by atoms with E-state index in [4.69, 9.17) is 9.47 Å². The molecule has 33 heavy (non-hydrogen) atoms. The molecule has 0 N–H and O–H groups in total. The zero-order chi connectivity index (χ0) is 24.7. The maximum absolute atomic E-state index is 11.9. The monoisotopic (exact) mass is 524 g/mol. The summed E-state index contributed by atoms with van der Waals surface area (Å²) in [5, 5.41) is 22.4. The van der Waals surface area contributed by atoms with Crippen LogP contribution in [0.4, 0.5) is 11.4 Å². The molecule has 0 radical (unpaired) electrons. The van der Waals surface area contributed by atoms with Gasteiger partial charge in [0.2, 0.25) is 5.75 Å². The van der Waals surface area contributed by atoms with E-state index in [0.29, 0.717) is 5.56 Å². The van der Waals surface area contributed by atoms with Gasteiger partial charge in [-0.15, -0.1) is 0 Å². The predicted molar refractivity (Wildman–Crippen MR) is 117 cm³/mol. The van der Waals surface area contributed by atoms with Gasteiger partial charge in [-0.2, -0.15) is 0 Å². The molecule has 0 aliphatic rings. The third kappa shape index (κ3) is 6.04. The van der Waals surface area contributed by atoms with Crippen LogP contribution in [0.25, 0.3) is 6.08 Å². The summed E-state index contributed by atoms with van der Waals surface area (Å²) >= 11 is 3.28. The Morgan fingerprint density at radius 1 is 1.00 bits per heavy atom. The van der Waals surface area contributed by atoms with Gasteiger partial charge in [0.15, 0.2) is 11.5 Å². The number of hydrogen-bond donors (Lipinski definition) is 0.